The summed E-state index contributed by atoms with van der Waals surface area (Å²) in [5.74, 6) is 0.822. The van der Waals surface area contributed by atoms with E-state index in [-0.39, 0.29) is 18.9 Å². The highest BCUT2D eigenvalue weighted by Gasteiger charge is 2.20. The van der Waals surface area contributed by atoms with Crippen molar-refractivity contribution in [2.24, 2.45) is 0 Å². The smallest absolute Gasteiger partial charge is 0.414 e. The third-order valence-electron chi connectivity index (χ3n) is 6.65. The number of hydrogen-bond acceptors (Lipinski definition) is 4. The molecular weight excluding hydrogens is 504 g/mol. The van der Waals surface area contributed by atoms with E-state index < -0.39 is 0 Å². The van der Waals surface area contributed by atoms with Crippen LogP contribution in [0.15, 0.2) is 103 Å². The average molecular weight is 538 g/mol. The highest BCUT2D eigenvalue weighted by atomic mass is 16.6. The molecule has 204 valence electrons. The number of urea groups is 1. The lowest BCUT2D eigenvalue weighted by molar-refractivity contribution is -0.727. The summed E-state index contributed by atoms with van der Waals surface area (Å²) in [5.41, 5.74) is 4.72. The summed E-state index contributed by atoms with van der Waals surface area (Å²) in [7, 11) is 0. The van der Waals surface area contributed by atoms with E-state index in [0.29, 0.717) is 18.8 Å². The summed E-state index contributed by atoms with van der Waals surface area (Å²) >= 11 is 0. The van der Waals surface area contributed by atoms with Crippen LogP contribution in [0.25, 0.3) is 11.1 Å². The normalized spacial score (nSPS) is 12.6. The Balaban J connectivity index is 1.08. The first-order chi connectivity index (χ1) is 19.6. The first kappa shape index (κ1) is 26.7. The number of anilines is 1. The number of nitrogens with zero attached hydrogens (tertiary/aromatic N) is 2. The minimum Gasteiger partial charge on any atom is -0.488 e. The maximum absolute atomic E-state index is 12.5. The molecule has 2 N–H and O–H groups in total. The van der Waals surface area contributed by atoms with Gasteiger partial charge >= 0.3 is 12.1 Å². The Morgan fingerprint density at radius 1 is 0.825 bits per heavy atom. The van der Waals surface area contributed by atoms with Crippen LogP contribution < -0.4 is 19.9 Å². The minimum atomic E-state index is -0.309. The SMILES string of the molecule is O=C(NCc1ccc[n+](COC(=O)N2CCCC2)c1)Nc1ccc(COc2ccccc2-c2ccccc2)cc1. The Hall–Kier alpha value is -4.85. The number of benzene rings is 3. The van der Waals surface area contributed by atoms with Gasteiger partial charge in [-0.2, -0.15) is 4.57 Å². The summed E-state index contributed by atoms with van der Waals surface area (Å²) < 4.78 is 13.3. The summed E-state index contributed by atoms with van der Waals surface area (Å²) in [6, 6.07) is 29.2. The van der Waals surface area contributed by atoms with Gasteiger partial charge in [0.25, 0.3) is 6.73 Å². The van der Waals surface area contributed by atoms with Crippen LogP contribution in [0.2, 0.25) is 0 Å². The number of aromatic nitrogens is 1. The predicted molar refractivity (Wildman–Crippen MR) is 152 cm³/mol. The van der Waals surface area contributed by atoms with Crippen molar-refractivity contribution in [3.8, 4) is 16.9 Å². The molecule has 0 bridgehead atoms. The molecule has 8 nitrogen and oxygen atoms in total. The molecule has 4 aromatic rings. The van der Waals surface area contributed by atoms with Crippen molar-refractivity contribution in [1.29, 1.82) is 0 Å². The summed E-state index contributed by atoms with van der Waals surface area (Å²) in [6.07, 6.45) is 5.43. The van der Waals surface area contributed by atoms with Crippen molar-refractivity contribution >= 4 is 17.8 Å². The molecule has 3 amide bonds. The van der Waals surface area contributed by atoms with Crippen LogP contribution in [-0.2, 0) is 24.6 Å². The minimum absolute atomic E-state index is 0.128. The number of pyridine rings is 1. The van der Waals surface area contributed by atoms with Gasteiger partial charge in [0.05, 0.1) is 6.54 Å². The first-order valence-electron chi connectivity index (χ1n) is 13.4. The van der Waals surface area contributed by atoms with Gasteiger partial charge in [-0.15, -0.1) is 0 Å². The fourth-order valence-electron chi connectivity index (χ4n) is 4.53. The lowest BCUT2D eigenvalue weighted by Crippen LogP contribution is -2.39. The van der Waals surface area contributed by atoms with E-state index in [0.717, 1.165) is 53.9 Å². The van der Waals surface area contributed by atoms with E-state index in [4.69, 9.17) is 9.47 Å². The van der Waals surface area contributed by atoms with Gasteiger partial charge in [0, 0.05) is 36.0 Å². The van der Waals surface area contributed by atoms with Crippen molar-refractivity contribution in [2.75, 3.05) is 18.4 Å². The van der Waals surface area contributed by atoms with Crippen molar-refractivity contribution in [2.45, 2.75) is 32.7 Å². The maximum atomic E-state index is 12.5. The Morgan fingerprint density at radius 2 is 1.57 bits per heavy atom. The molecule has 2 heterocycles. The van der Waals surface area contributed by atoms with E-state index in [9.17, 15) is 9.59 Å². The van der Waals surface area contributed by atoms with Crippen LogP contribution in [0.5, 0.6) is 5.75 Å². The second kappa shape index (κ2) is 13.3. The van der Waals surface area contributed by atoms with E-state index >= 15 is 0 Å². The van der Waals surface area contributed by atoms with Gasteiger partial charge in [0.1, 0.15) is 12.4 Å². The van der Waals surface area contributed by atoms with Crippen molar-refractivity contribution in [1.82, 2.24) is 10.2 Å². The second-order valence-corrected chi connectivity index (χ2v) is 9.62. The van der Waals surface area contributed by atoms with Crippen molar-refractivity contribution in [3.05, 3.63) is 115 Å². The summed E-state index contributed by atoms with van der Waals surface area (Å²) in [4.78, 5) is 26.3. The van der Waals surface area contributed by atoms with Crippen LogP contribution in [0.3, 0.4) is 0 Å². The Morgan fingerprint density at radius 3 is 2.38 bits per heavy atom. The van der Waals surface area contributed by atoms with Gasteiger partial charge < -0.3 is 25.0 Å². The largest absolute Gasteiger partial charge is 0.488 e. The van der Waals surface area contributed by atoms with Gasteiger partial charge in [-0.3, -0.25) is 0 Å². The number of ether oxygens (including phenoxy) is 2. The molecule has 0 radical (unpaired) electrons. The van der Waals surface area contributed by atoms with Gasteiger partial charge in [-0.1, -0.05) is 60.7 Å². The molecule has 8 heteroatoms. The molecule has 1 saturated heterocycles. The fraction of sp³-hybridized carbons (Fsp3) is 0.219. The topological polar surface area (TPSA) is 83.8 Å². The standard InChI is InChI=1S/C32H32N4O4/c37-31(33-21-26-9-8-18-35(22-26)24-40-32(38)36-19-6-7-20-36)34-28-16-14-25(15-17-28)23-39-30-13-5-4-12-29(30)27-10-2-1-3-11-27/h1-5,8-18,22H,6-7,19-21,23-24H2,(H-,33,34,37)/p+1. The van der Waals surface area contributed by atoms with E-state index in [1.54, 1.807) is 9.47 Å². The quantitative estimate of drug-likeness (QED) is 0.267. The van der Waals surface area contributed by atoms with Crippen molar-refractivity contribution in [3.63, 3.8) is 0 Å². The summed E-state index contributed by atoms with van der Waals surface area (Å²) in [5, 5.41) is 5.72. The van der Waals surface area contributed by atoms with Gasteiger partial charge in [0.15, 0.2) is 12.4 Å². The molecule has 1 aliphatic rings. The van der Waals surface area contributed by atoms with Gasteiger partial charge in [-0.05, 0) is 48.2 Å². The zero-order chi connectivity index (χ0) is 27.6. The molecule has 1 aliphatic heterocycles. The maximum Gasteiger partial charge on any atom is 0.414 e. The van der Waals surface area contributed by atoms with Crippen LogP contribution in [-0.4, -0.2) is 30.1 Å². The number of hydrogen-bond donors (Lipinski definition) is 2. The zero-order valence-corrected chi connectivity index (χ0v) is 22.3. The van der Waals surface area contributed by atoms with Crippen LogP contribution >= 0.6 is 0 Å². The second-order valence-electron chi connectivity index (χ2n) is 9.62. The molecule has 0 atom stereocenters. The van der Waals surface area contributed by atoms with Crippen LogP contribution in [0.1, 0.15) is 24.0 Å². The Bertz CT molecular complexity index is 1420. The lowest BCUT2D eigenvalue weighted by Gasteiger charge is -2.13. The molecule has 0 unspecified atom stereocenters. The highest BCUT2D eigenvalue weighted by Crippen LogP contribution is 2.30. The number of para-hydroxylation sites is 1. The molecule has 1 aromatic heterocycles. The van der Waals surface area contributed by atoms with Crippen LogP contribution in [0, 0.1) is 0 Å². The number of likely N-dealkylation sites (tertiary alicyclic amines) is 1. The molecule has 3 aromatic carbocycles. The van der Waals surface area contributed by atoms with E-state index in [1.165, 1.54) is 0 Å². The highest BCUT2D eigenvalue weighted by molar-refractivity contribution is 5.89. The fourth-order valence-corrected chi connectivity index (χ4v) is 4.53. The first-order valence-corrected chi connectivity index (χ1v) is 13.4. The molecule has 1 fully saturated rings. The monoisotopic (exact) mass is 537 g/mol. The average Bonchev–Trinajstić information content (AvgIpc) is 3.55. The third-order valence-corrected chi connectivity index (χ3v) is 6.65. The predicted octanol–water partition coefficient (Wildman–Crippen LogP) is 5.73. The summed E-state index contributed by atoms with van der Waals surface area (Å²) in [6.45, 7) is 2.38. The van der Waals surface area contributed by atoms with E-state index in [1.807, 2.05) is 85.2 Å². The number of nitrogens with one attached hydrogen (secondary N) is 2. The molecule has 0 spiro atoms. The molecule has 0 saturated carbocycles. The number of carbonyl (C=O) groups excluding carboxylic acids is 2. The van der Waals surface area contributed by atoms with E-state index in [2.05, 4.69) is 28.8 Å². The lowest BCUT2D eigenvalue weighted by atomic mass is 10.0. The number of rotatable bonds is 9. The third kappa shape index (κ3) is 7.38. The molecule has 40 heavy (non-hydrogen) atoms. The zero-order valence-electron chi connectivity index (χ0n) is 22.3. The molecule has 0 aliphatic carbocycles. The number of carbonyl (C=O) groups is 2. The van der Waals surface area contributed by atoms with Gasteiger partial charge in [0.2, 0.25) is 0 Å². The number of amides is 3. The van der Waals surface area contributed by atoms with Crippen LogP contribution in [0.4, 0.5) is 15.3 Å². The van der Waals surface area contributed by atoms with Crippen molar-refractivity contribution < 1.29 is 23.6 Å². The molecular formula is C32H33N4O4+. The Labute approximate surface area is 234 Å². The molecule has 5 rings (SSSR count). The van der Waals surface area contributed by atoms with Gasteiger partial charge in [-0.25, -0.2) is 9.59 Å². The Kier molecular flexibility index (Phi) is 8.88.